The second-order valence-corrected chi connectivity index (χ2v) is 11.3. The second-order valence-electron chi connectivity index (χ2n) is 9.34. The Labute approximate surface area is 181 Å². The number of hydrogen-bond donors (Lipinski definition) is 0. The van der Waals surface area contributed by atoms with Gasteiger partial charge in [-0.15, -0.1) is 0 Å². The number of rotatable bonds is 6. The molecule has 4 rings (SSSR count). The molecule has 0 bridgehead atoms. The SMILES string of the molecule is O=C(CC1(Cn2cccc2)CCCCC1)N1CCCN(S(=O)(=O)N2CCCC2)CC1. The first-order chi connectivity index (χ1) is 14.5. The normalized spacial score (nSPS) is 24.1. The van der Waals surface area contributed by atoms with E-state index < -0.39 is 10.2 Å². The van der Waals surface area contributed by atoms with E-state index in [1.807, 2.05) is 17.0 Å². The smallest absolute Gasteiger partial charge is 0.282 e. The Morgan fingerprint density at radius 2 is 1.40 bits per heavy atom. The van der Waals surface area contributed by atoms with Gasteiger partial charge in [0.15, 0.2) is 0 Å². The van der Waals surface area contributed by atoms with Gasteiger partial charge in [0.2, 0.25) is 5.91 Å². The highest BCUT2D eigenvalue weighted by molar-refractivity contribution is 7.86. The molecule has 1 aromatic heterocycles. The lowest BCUT2D eigenvalue weighted by Gasteiger charge is -2.38. The first-order valence-corrected chi connectivity index (χ1v) is 13.0. The van der Waals surface area contributed by atoms with E-state index in [0.29, 0.717) is 52.1 Å². The summed E-state index contributed by atoms with van der Waals surface area (Å²) in [4.78, 5) is 15.2. The van der Waals surface area contributed by atoms with Crippen LogP contribution in [0.3, 0.4) is 0 Å². The lowest BCUT2D eigenvalue weighted by Crippen LogP contribution is -2.45. The number of carbonyl (C=O) groups is 1. The van der Waals surface area contributed by atoms with Crippen molar-refractivity contribution >= 4 is 16.1 Å². The monoisotopic (exact) mass is 436 g/mol. The first kappa shape index (κ1) is 21.8. The minimum Gasteiger partial charge on any atom is -0.354 e. The van der Waals surface area contributed by atoms with E-state index in [1.165, 1.54) is 19.3 Å². The van der Waals surface area contributed by atoms with Gasteiger partial charge in [-0.25, -0.2) is 0 Å². The standard InChI is InChI=1S/C22H36N4O3S/c27-21(19-22(9-2-1-3-10-22)20-23-11-4-5-12-23)24-13-8-16-26(18-17-24)30(28,29)25-14-6-7-15-25/h4-5,11-12H,1-3,6-10,13-20H2. The quantitative estimate of drug-likeness (QED) is 0.689. The van der Waals surface area contributed by atoms with Crippen molar-refractivity contribution in [2.24, 2.45) is 5.41 Å². The Bertz CT molecular complexity index is 796. The highest BCUT2D eigenvalue weighted by Crippen LogP contribution is 2.41. The van der Waals surface area contributed by atoms with Crippen molar-refractivity contribution in [3.8, 4) is 0 Å². The van der Waals surface area contributed by atoms with Gasteiger partial charge in [0.25, 0.3) is 10.2 Å². The van der Waals surface area contributed by atoms with Crippen molar-refractivity contribution in [1.82, 2.24) is 18.1 Å². The van der Waals surface area contributed by atoms with Crippen molar-refractivity contribution in [3.05, 3.63) is 24.5 Å². The molecule has 3 fully saturated rings. The van der Waals surface area contributed by atoms with Crippen molar-refractivity contribution in [2.75, 3.05) is 39.3 Å². The summed E-state index contributed by atoms with van der Waals surface area (Å²) in [6, 6.07) is 4.09. The van der Waals surface area contributed by atoms with Crippen LogP contribution in [0.25, 0.3) is 0 Å². The minimum atomic E-state index is -3.38. The van der Waals surface area contributed by atoms with E-state index in [4.69, 9.17) is 0 Å². The molecule has 0 spiro atoms. The third-order valence-corrected chi connectivity index (χ3v) is 9.19. The van der Waals surface area contributed by atoms with Gasteiger partial charge < -0.3 is 9.47 Å². The highest BCUT2D eigenvalue weighted by atomic mass is 32.2. The molecule has 168 valence electrons. The van der Waals surface area contributed by atoms with Crippen LogP contribution in [0.4, 0.5) is 0 Å². The van der Waals surface area contributed by atoms with Gasteiger partial charge in [-0.2, -0.15) is 17.0 Å². The molecule has 3 heterocycles. The molecule has 0 aromatic carbocycles. The third-order valence-electron chi connectivity index (χ3n) is 7.15. The molecule has 8 heteroatoms. The third kappa shape index (κ3) is 4.92. The van der Waals surface area contributed by atoms with Gasteiger partial charge in [0.1, 0.15) is 0 Å². The Balaban J connectivity index is 1.39. The average Bonchev–Trinajstić information content (AvgIpc) is 3.39. The largest absolute Gasteiger partial charge is 0.354 e. The fraction of sp³-hybridized carbons (Fsp3) is 0.773. The van der Waals surface area contributed by atoms with Crippen LogP contribution in [0.15, 0.2) is 24.5 Å². The predicted molar refractivity (Wildman–Crippen MR) is 117 cm³/mol. The Hall–Kier alpha value is -1.38. The van der Waals surface area contributed by atoms with Gasteiger partial charge in [-0.05, 0) is 49.7 Å². The van der Waals surface area contributed by atoms with Crippen LogP contribution in [-0.2, 0) is 21.5 Å². The second kappa shape index (κ2) is 9.40. The van der Waals surface area contributed by atoms with E-state index >= 15 is 0 Å². The van der Waals surface area contributed by atoms with Gasteiger partial charge >= 0.3 is 0 Å². The summed E-state index contributed by atoms with van der Waals surface area (Å²) < 4.78 is 31.2. The van der Waals surface area contributed by atoms with Gasteiger partial charge in [0, 0.05) is 64.6 Å². The minimum absolute atomic E-state index is 0.0297. The van der Waals surface area contributed by atoms with Crippen LogP contribution in [-0.4, -0.2) is 71.7 Å². The first-order valence-electron chi connectivity index (χ1n) is 11.6. The van der Waals surface area contributed by atoms with E-state index in [1.54, 1.807) is 8.61 Å². The van der Waals surface area contributed by atoms with Crippen LogP contribution >= 0.6 is 0 Å². The Morgan fingerprint density at radius 1 is 0.767 bits per heavy atom. The predicted octanol–water partition coefficient (Wildman–Crippen LogP) is 2.70. The molecule has 30 heavy (non-hydrogen) atoms. The molecule has 7 nitrogen and oxygen atoms in total. The molecule has 1 amide bonds. The number of nitrogens with zero attached hydrogens (tertiary/aromatic N) is 4. The zero-order chi connectivity index (χ0) is 21.0. The number of carbonyl (C=O) groups excluding carboxylic acids is 1. The van der Waals surface area contributed by atoms with Gasteiger partial charge in [0.05, 0.1) is 0 Å². The molecule has 1 aromatic rings. The summed E-state index contributed by atoms with van der Waals surface area (Å²) >= 11 is 0. The maximum Gasteiger partial charge on any atom is 0.282 e. The molecule has 3 aliphatic rings. The zero-order valence-corrected chi connectivity index (χ0v) is 18.9. The topological polar surface area (TPSA) is 65.9 Å². The lowest BCUT2D eigenvalue weighted by molar-refractivity contribution is -0.134. The lowest BCUT2D eigenvalue weighted by atomic mass is 9.71. The Morgan fingerprint density at radius 3 is 2.10 bits per heavy atom. The molecule has 2 aliphatic heterocycles. The van der Waals surface area contributed by atoms with E-state index in [-0.39, 0.29) is 11.3 Å². The number of hydrogen-bond acceptors (Lipinski definition) is 3. The Kier molecular flexibility index (Phi) is 6.85. The summed E-state index contributed by atoms with van der Waals surface area (Å²) in [5.41, 5.74) is 0.0297. The molecular weight excluding hydrogens is 400 g/mol. The van der Waals surface area contributed by atoms with Crippen molar-refractivity contribution < 1.29 is 13.2 Å². The number of amides is 1. The van der Waals surface area contributed by atoms with Crippen LogP contribution in [0.5, 0.6) is 0 Å². The highest BCUT2D eigenvalue weighted by Gasteiger charge is 2.37. The van der Waals surface area contributed by atoms with Crippen molar-refractivity contribution in [2.45, 2.75) is 64.3 Å². The molecule has 1 saturated carbocycles. The summed E-state index contributed by atoms with van der Waals surface area (Å²) in [7, 11) is -3.38. The van der Waals surface area contributed by atoms with Crippen LogP contribution in [0.2, 0.25) is 0 Å². The summed E-state index contributed by atoms with van der Waals surface area (Å²) in [5, 5.41) is 0. The molecular formula is C22H36N4O3S. The van der Waals surface area contributed by atoms with Crippen molar-refractivity contribution in [1.29, 1.82) is 0 Å². The van der Waals surface area contributed by atoms with Crippen LogP contribution < -0.4 is 0 Å². The summed E-state index contributed by atoms with van der Waals surface area (Å²) in [5.74, 6) is 0.199. The maximum absolute atomic E-state index is 13.3. The van der Waals surface area contributed by atoms with E-state index in [2.05, 4.69) is 17.0 Å². The van der Waals surface area contributed by atoms with Gasteiger partial charge in [-0.1, -0.05) is 19.3 Å². The summed E-state index contributed by atoms with van der Waals surface area (Å²) in [6.45, 7) is 4.24. The molecule has 0 N–H and O–H groups in total. The molecule has 0 unspecified atom stereocenters. The van der Waals surface area contributed by atoms with Gasteiger partial charge in [-0.3, -0.25) is 4.79 Å². The summed E-state index contributed by atoms with van der Waals surface area (Å²) in [6.07, 6.45) is 13.2. The average molecular weight is 437 g/mol. The molecule has 2 saturated heterocycles. The fourth-order valence-electron chi connectivity index (χ4n) is 5.44. The van der Waals surface area contributed by atoms with E-state index in [9.17, 15) is 13.2 Å². The molecule has 0 radical (unpaired) electrons. The maximum atomic E-state index is 13.3. The fourth-order valence-corrected chi connectivity index (χ4v) is 7.16. The van der Waals surface area contributed by atoms with Crippen LogP contribution in [0, 0.1) is 5.41 Å². The molecule has 1 aliphatic carbocycles. The number of aromatic nitrogens is 1. The van der Waals surface area contributed by atoms with Crippen LogP contribution in [0.1, 0.15) is 57.8 Å². The van der Waals surface area contributed by atoms with Crippen molar-refractivity contribution in [3.63, 3.8) is 0 Å². The zero-order valence-electron chi connectivity index (χ0n) is 18.0. The molecule has 0 atom stereocenters. The van der Waals surface area contributed by atoms with E-state index in [0.717, 1.165) is 32.2 Å².